The van der Waals surface area contributed by atoms with Crippen LogP contribution < -0.4 is 5.32 Å². The second-order valence-corrected chi connectivity index (χ2v) is 4.41. The van der Waals surface area contributed by atoms with Gasteiger partial charge in [-0.3, -0.25) is 0 Å². The summed E-state index contributed by atoms with van der Waals surface area (Å²) in [4.78, 5) is 22.3. The summed E-state index contributed by atoms with van der Waals surface area (Å²) in [5.74, 6) is -0.839. The monoisotopic (exact) mass is 289 g/mol. The third-order valence-corrected chi connectivity index (χ3v) is 2.87. The van der Waals surface area contributed by atoms with Gasteiger partial charge in [0.05, 0.1) is 0 Å². The lowest BCUT2D eigenvalue weighted by molar-refractivity contribution is 0.0661. The number of aryl methyl sites for hydroxylation is 1. The number of hydrogen-bond donors (Lipinski definition) is 2. The molecule has 0 aliphatic heterocycles. The minimum absolute atomic E-state index is 0.149. The molecule has 0 fully saturated rings. The van der Waals surface area contributed by atoms with Gasteiger partial charge in [0, 0.05) is 12.1 Å². The zero-order valence-electron chi connectivity index (χ0n) is 11.5. The maximum Gasteiger partial charge on any atom is 0.407 e. The Morgan fingerprint density at radius 2 is 2.00 bits per heavy atom. The van der Waals surface area contributed by atoms with Crippen LogP contribution in [0.15, 0.2) is 40.8 Å². The van der Waals surface area contributed by atoms with Crippen molar-refractivity contribution in [2.45, 2.75) is 20.1 Å². The number of amides is 1. The molecule has 110 valence electrons. The molecule has 6 heteroatoms. The molecule has 1 aromatic heterocycles. The topological polar surface area (TPSA) is 88.8 Å². The summed E-state index contributed by atoms with van der Waals surface area (Å²) < 4.78 is 10.1. The largest absolute Gasteiger partial charge is 0.475 e. The van der Waals surface area contributed by atoms with Gasteiger partial charge in [0.2, 0.25) is 5.76 Å². The highest BCUT2D eigenvalue weighted by atomic mass is 16.5. The van der Waals surface area contributed by atoms with Crippen molar-refractivity contribution >= 4 is 12.1 Å². The molecule has 21 heavy (non-hydrogen) atoms. The lowest BCUT2D eigenvalue weighted by Crippen LogP contribution is -2.23. The van der Waals surface area contributed by atoms with E-state index in [1.807, 2.05) is 30.3 Å². The van der Waals surface area contributed by atoms with E-state index in [1.54, 1.807) is 6.92 Å². The van der Waals surface area contributed by atoms with E-state index in [-0.39, 0.29) is 18.9 Å². The van der Waals surface area contributed by atoms with Crippen molar-refractivity contribution in [3.8, 4) is 0 Å². The van der Waals surface area contributed by atoms with Gasteiger partial charge in [-0.1, -0.05) is 30.3 Å². The van der Waals surface area contributed by atoms with Gasteiger partial charge >= 0.3 is 12.1 Å². The number of carbonyl (C=O) groups excluding carboxylic acids is 1. The van der Waals surface area contributed by atoms with Crippen LogP contribution in [0.3, 0.4) is 0 Å². The van der Waals surface area contributed by atoms with Crippen molar-refractivity contribution in [2.24, 2.45) is 0 Å². The minimum Gasteiger partial charge on any atom is -0.475 e. The van der Waals surface area contributed by atoms with E-state index >= 15 is 0 Å². The van der Waals surface area contributed by atoms with Crippen LogP contribution in [0, 0.1) is 6.92 Å². The molecule has 2 N–H and O–H groups in total. The molecule has 0 saturated carbocycles. The van der Waals surface area contributed by atoms with Crippen LogP contribution in [-0.4, -0.2) is 17.2 Å². The molecule has 0 saturated heterocycles. The van der Waals surface area contributed by atoms with Crippen LogP contribution in [0.2, 0.25) is 0 Å². The molecule has 6 nitrogen and oxygen atoms in total. The lowest BCUT2D eigenvalue weighted by atomic mass is 10.2. The highest BCUT2D eigenvalue weighted by Gasteiger charge is 2.13. The highest BCUT2D eigenvalue weighted by Crippen LogP contribution is 2.14. The SMILES string of the molecule is Cc1oc(C(=O)O)cc1CNC(=O)OCc1ccccc1. The predicted octanol–water partition coefficient (Wildman–Crippen LogP) is 2.71. The quantitative estimate of drug-likeness (QED) is 0.883. The molecular weight excluding hydrogens is 274 g/mol. The van der Waals surface area contributed by atoms with E-state index < -0.39 is 12.1 Å². The molecule has 2 rings (SSSR count). The highest BCUT2D eigenvalue weighted by molar-refractivity contribution is 5.84. The Kier molecular flexibility index (Phi) is 4.61. The molecule has 0 unspecified atom stereocenters. The molecule has 0 radical (unpaired) electrons. The average Bonchev–Trinajstić information content (AvgIpc) is 2.85. The number of ether oxygens (including phenoxy) is 1. The summed E-state index contributed by atoms with van der Waals surface area (Å²) in [7, 11) is 0. The van der Waals surface area contributed by atoms with E-state index in [4.69, 9.17) is 14.3 Å². The Morgan fingerprint density at radius 3 is 2.62 bits per heavy atom. The van der Waals surface area contributed by atoms with Gasteiger partial charge in [-0.15, -0.1) is 0 Å². The van der Waals surface area contributed by atoms with Crippen molar-refractivity contribution in [3.63, 3.8) is 0 Å². The van der Waals surface area contributed by atoms with Gasteiger partial charge < -0.3 is 19.6 Å². The Bertz CT molecular complexity index is 633. The third-order valence-electron chi connectivity index (χ3n) is 2.87. The van der Waals surface area contributed by atoms with Crippen molar-refractivity contribution in [1.82, 2.24) is 5.32 Å². The number of aromatic carboxylic acids is 1. The number of benzene rings is 1. The zero-order chi connectivity index (χ0) is 15.2. The van der Waals surface area contributed by atoms with E-state index in [0.29, 0.717) is 11.3 Å². The fourth-order valence-electron chi connectivity index (χ4n) is 1.74. The molecule has 1 amide bonds. The summed E-state index contributed by atoms with van der Waals surface area (Å²) in [5, 5.41) is 11.4. The standard InChI is InChI=1S/C15H15NO5/c1-10-12(7-13(21-10)14(17)18)8-16-15(19)20-9-11-5-3-2-4-6-11/h2-7H,8-9H2,1H3,(H,16,19)(H,17,18). The summed E-state index contributed by atoms with van der Waals surface area (Å²) in [5.41, 5.74) is 1.49. The van der Waals surface area contributed by atoms with Crippen molar-refractivity contribution in [2.75, 3.05) is 0 Å². The average molecular weight is 289 g/mol. The maximum atomic E-state index is 11.6. The molecule has 1 heterocycles. The summed E-state index contributed by atoms with van der Waals surface area (Å²) in [6.45, 7) is 1.96. The zero-order valence-corrected chi connectivity index (χ0v) is 11.5. The van der Waals surface area contributed by atoms with Crippen LogP contribution in [0.25, 0.3) is 0 Å². The predicted molar refractivity (Wildman–Crippen MR) is 73.9 cm³/mol. The lowest BCUT2D eigenvalue weighted by Gasteiger charge is -2.06. The van der Waals surface area contributed by atoms with Gasteiger partial charge in [0.25, 0.3) is 0 Å². The van der Waals surface area contributed by atoms with Gasteiger partial charge in [-0.05, 0) is 18.6 Å². The number of carboxylic acid groups (broad SMARTS) is 1. The summed E-state index contributed by atoms with van der Waals surface area (Å²) >= 11 is 0. The Balaban J connectivity index is 1.82. The molecule has 0 aliphatic carbocycles. The minimum atomic E-state index is -1.14. The second-order valence-electron chi connectivity index (χ2n) is 4.41. The van der Waals surface area contributed by atoms with E-state index in [9.17, 15) is 9.59 Å². The fraction of sp³-hybridized carbons (Fsp3) is 0.200. The van der Waals surface area contributed by atoms with Crippen molar-refractivity contribution in [3.05, 3.63) is 59.0 Å². The van der Waals surface area contributed by atoms with Crippen molar-refractivity contribution in [1.29, 1.82) is 0 Å². The number of carboxylic acids is 1. The number of carbonyl (C=O) groups is 2. The smallest absolute Gasteiger partial charge is 0.407 e. The number of hydrogen-bond acceptors (Lipinski definition) is 4. The summed E-state index contributed by atoms with van der Waals surface area (Å²) in [6.07, 6.45) is -0.573. The Morgan fingerprint density at radius 1 is 1.29 bits per heavy atom. The van der Waals surface area contributed by atoms with Crippen LogP contribution >= 0.6 is 0 Å². The molecular formula is C15H15NO5. The van der Waals surface area contributed by atoms with Crippen LogP contribution in [0.1, 0.15) is 27.4 Å². The number of alkyl carbamates (subject to hydrolysis) is 1. The Labute approximate surface area is 121 Å². The molecule has 0 aliphatic rings. The third kappa shape index (κ3) is 4.10. The molecule has 0 atom stereocenters. The molecule has 0 bridgehead atoms. The first-order valence-corrected chi connectivity index (χ1v) is 6.33. The Hall–Kier alpha value is -2.76. The van der Waals surface area contributed by atoms with Crippen molar-refractivity contribution < 1.29 is 23.8 Å². The van der Waals surface area contributed by atoms with Crippen LogP contribution in [0.5, 0.6) is 0 Å². The second kappa shape index (κ2) is 6.60. The number of furan rings is 1. The number of nitrogens with one attached hydrogen (secondary N) is 1. The van der Waals surface area contributed by atoms with Gasteiger partial charge in [-0.2, -0.15) is 0 Å². The van der Waals surface area contributed by atoms with E-state index in [1.165, 1.54) is 6.07 Å². The first-order valence-electron chi connectivity index (χ1n) is 6.33. The van der Waals surface area contributed by atoms with Gasteiger partial charge in [0.1, 0.15) is 12.4 Å². The molecule has 2 aromatic rings. The first-order chi connectivity index (χ1) is 10.1. The van der Waals surface area contributed by atoms with Crippen LogP contribution in [-0.2, 0) is 17.9 Å². The van der Waals surface area contributed by atoms with Gasteiger partial charge in [-0.25, -0.2) is 9.59 Å². The van der Waals surface area contributed by atoms with E-state index in [2.05, 4.69) is 5.32 Å². The van der Waals surface area contributed by atoms with E-state index in [0.717, 1.165) is 5.56 Å². The fourth-order valence-corrected chi connectivity index (χ4v) is 1.74. The number of rotatable bonds is 5. The van der Waals surface area contributed by atoms with Gasteiger partial charge in [0.15, 0.2) is 0 Å². The molecule has 0 spiro atoms. The van der Waals surface area contributed by atoms with Crippen LogP contribution in [0.4, 0.5) is 4.79 Å². The summed E-state index contributed by atoms with van der Waals surface area (Å²) in [6, 6.07) is 10.7. The normalized spacial score (nSPS) is 10.1. The molecule has 1 aromatic carbocycles. The first kappa shape index (κ1) is 14.6. The maximum absolute atomic E-state index is 11.6.